The van der Waals surface area contributed by atoms with Crippen LogP contribution in [0.4, 0.5) is 4.79 Å². The zero-order chi connectivity index (χ0) is 16.6. The highest BCUT2D eigenvalue weighted by Gasteiger charge is 2.41. The lowest BCUT2D eigenvalue weighted by Crippen LogP contribution is -2.59. The highest BCUT2D eigenvalue weighted by molar-refractivity contribution is 5.93. The number of carbonyl (C=O) groups is 3. The van der Waals surface area contributed by atoms with Crippen molar-refractivity contribution in [1.29, 1.82) is 0 Å². The monoisotopic (exact) mass is 298 g/mol. The summed E-state index contributed by atoms with van der Waals surface area (Å²) in [4.78, 5) is 36.3. The molecule has 0 aliphatic heterocycles. The quantitative estimate of drug-likeness (QED) is 0.656. The predicted molar refractivity (Wildman–Crippen MR) is 77.8 cm³/mol. The van der Waals surface area contributed by atoms with Gasteiger partial charge in [0.2, 0.25) is 5.91 Å². The first-order chi connectivity index (χ1) is 9.78. The maximum absolute atomic E-state index is 12.5. The number of carboxylic acid groups (broad SMARTS) is 1. The summed E-state index contributed by atoms with van der Waals surface area (Å²) in [7, 11) is 1.16. The molecule has 0 aromatic heterocycles. The van der Waals surface area contributed by atoms with E-state index in [0.29, 0.717) is 6.42 Å². The molecule has 2 atom stereocenters. The van der Waals surface area contributed by atoms with Gasteiger partial charge in [0.05, 0.1) is 7.11 Å². The fourth-order valence-corrected chi connectivity index (χ4v) is 1.68. The first-order valence-corrected chi connectivity index (χ1v) is 6.43. The Hall–Kier alpha value is -2.31. The fraction of sp³-hybridized carbons (Fsp3) is 0.500. The molecule has 7 nitrogen and oxygen atoms in total. The largest absolute Gasteiger partial charge is 0.479 e. The van der Waals surface area contributed by atoms with Crippen molar-refractivity contribution in [3.63, 3.8) is 0 Å². The van der Waals surface area contributed by atoms with Gasteiger partial charge in [0.1, 0.15) is 6.04 Å². The summed E-state index contributed by atoms with van der Waals surface area (Å²) in [6, 6.07) is -1.08. The molecule has 21 heavy (non-hydrogen) atoms. The van der Waals surface area contributed by atoms with Crippen LogP contribution in [0.1, 0.15) is 20.3 Å². The second kappa shape index (κ2) is 8.08. The molecule has 7 heteroatoms. The van der Waals surface area contributed by atoms with Crippen LogP contribution in [0.2, 0.25) is 0 Å². The number of carboxylic acids is 1. The first kappa shape index (κ1) is 18.7. The molecule has 0 aliphatic carbocycles. The zero-order valence-electron chi connectivity index (χ0n) is 12.6. The summed E-state index contributed by atoms with van der Waals surface area (Å²) in [6.45, 7) is 10.3. The van der Waals surface area contributed by atoms with Gasteiger partial charge in [0.15, 0.2) is 5.54 Å². The molecule has 0 heterocycles. The van der Waals surface area contributed by atoms with E-state index in [4.69, 9.17) is 0 Å². The third kappa shape index (κ3) is 4.34. The summed E-state index contributed by atoms with van der Waals surface area (Å²) >= 11 is 0. The molecule has 0 spiro atoms. The summed E-state index contributed by atoms with van der Waals surface area (Å²) in [6.07, 6.45) is 2.14. The Morgan fingerprint density at radius 3 is 2.33 bits per heavy atom. The van der Waals surface area contributed by atoms with Crippen LogP contribution in [0.3, 0.4) is 0 Å². The van der Waals surface area contributed by atoms with Gasteiger partial charge in [-0.25, -0.2) is 9.59 Å². The van der Waals surface area contributed by atoms with Crippen LogP contribution in [-0.2, 0) is 14.3 Å². The van der Waals surface area contributed by atoms with Gasteiger partial charge >= 0.3 is 12.1 Å². The maximum atomic E-state index is 12.5. The van der Waals surface area contributed by atoms with Gasteiger partial charge in [-0.2, -0.15) is 0 Å². The molecule has 0 unspecified atom stereocenters. The first-order valence-electron chi connectivity index (χ1n) is 6.43. The second-order valence-corrected chi connectivity index (χ2v) is 4.50. The lowest BCUT2D eigenvalue weighted by molar-refractivity contribution is -0.155. The van der Waals surface area contributed by atoms with Crippen LogP contribution < -0.4 is 5.32 Å². The standard InChI is InChI=1S/C14H22N2O5/c1-6-9-16(14(4,8-3)12(18)19)11(17)10(7-2)15-13(20)21-5/h7-8,10H,2-3,6,9H2,1,4-5H3,(H,15,20)(H,18,19)/t10-,14-/m0/s1. The number of hydrogen-bond acceptors (Lipinski definition) is 4. The smallest absolute Gasteiger partial charge is 0.407 e. The third-order valence-corrected chi connectivity index (χ3v) is 3.06. The number of carbonyl (C=O) groups excluding carboxylic acids is 2. The molecular weight excluding hydrogens is 276 g/mol. The molecule has 0 bridgehead atoms. The normalized spacial score (nSPS) is 14.2. The van der Waals surface area contributed by atoms with Crippen LogP contribution in [0.5, 0.6) is 0 Å². The minimum absolute atomic E-state index is 0.195. The van der Waals surface area contributed by atoms with Gasteiger partial charge in [0, 0.05) is 6.54 Å². The summed E-state index contributed by atoms with van der Waals surface area (Å²) < 4.78 is 4.43. The Morgan fingerprint density at radius 2 is 2.00 bits per heavy atom. The number of nitrogens with zero attached hydrogens (tertiary/aromatic N) is 1. The Bertz CT molecular complexity index is 435. The molecular formula is C14H22N2O5. The van der Waals surface area contributed by atoms with E-state index in [-0.39, 0.29) is 6.54 Å². The van der Waals surface area contributed by atoms with E-state index in [9.17, 15) is 19.5 Å². The fourth-order valence-electron chi connectivity index (χ4n) is 1.68. The van der Waals surface area contributed by atoms with Crippen molar-refractivity contribution in [2.45, 2.75) is 31.8 Å². The van der Waals surface area contributed by atoms with Gasteiger partial charge in [-0.15, -0.1) is 13.2 Å². The van der Waals surface area contributed by atoms with Gasteiger partial charge in [-0.1, -0.05) is 19.1 Å². The second-order valence-electron chi connectivity index (χ2n) is 4.50. The Kier molecular flexibility index (Phi) is 7.19. The average molecular weight is 298 g/mol. The molecule has 0 rings (SSSR count). The van der Waals surface area contributed by atoms with Crippen molar-refractivity contribution in [2.75, 3.05) is 13.7 Å². The Balaban J connectivity index is 5.48. The van der Waals surface area contributed by atoms with Crippen molar-refractivity contribution in [3.05, 3.63) is 25.3 Å². The number of amides is 2. The number of hydrogen-bond donors (Lipinski definition) is 2. The molecule has 0 aliphatic rings. The topological polar surface area (TPSA) is 95.9 Å². The highest BCUT2D eigenvalue weighted by Crippen LogP contribution is 2.19. The third-order valence-electron chi connectivity index (χ3n) is 3.06. The number of methoxy groups -OCH3 is 1. The maximum Gasteiger partial charge on any atom is 0.407 e. The SMILES string of the molecule is C=C[C@H](NC(=O)OC)C(=O)N(CCC)[C@@](C)(C=C)C(=O)O. The van der Waals surface area contributed by atoms with E-state index in [1.165, 1.54) is 19.1 Å². The number of nitrogens with one attached hydrogen (secondary N) is 1. The lowest BCUT2D eigenvalue weighted by atomic mass is 9.98. The number of alkyl carbamates (subject to hydrolysis) is 1. The van der Waals surface area contributed by atoms with E-state index in [1.807, 2.05) is 6.92 Å². The van der Waals surface area contributed by atoms with Crippen LogP contribution in [0.25, 0.3) is 0 Å². The molecule has 2 amide bonds. The minimum Gasteiger partial charge on any atom is -0.479 e. The molecule has 0 radical (unpaired) electrons. The van der Waals surface area contributed by atoms with Crippen molar-refractivity contribution >= 4 is 18.0 Å². The van der Waals surface area contributed by atoms with Crippen LogP contribution in [0, 0.1) is 0 Å². The molecule has 0 fully saturated rings. The molecule has 2 N–H and O–H groups in total. The zero-order valence-corrected chi connectivity index (χ0v) is 12.6. The van der Waals surface area contributed by atoms with Crippen LogP contribution >= 0.6 is 0 Å². The van der Waals surface area contributed by atoms with E-state index in [2.05, 4.69) is 23.2 Å². The van der Waals surface area contributed by atoms with Gasteiger partial charge < -0.3 is 20.1 Å². The van der Waals surface area contributed by atoms with Crippen molar-refractivity contribution in [2.24, 2.45) is 0 Å². The molecule has 0 saturated carbocycles. The summed E-state index contributed by atoms with van der Waals surface area (Å²) in [5.41, 5.74) is -1.58. The van der Waals surface area contributed by atoms with Gasteiger partial charge in [0.25, 0.3) is 0 Å². The average Bonchev–Trinajstić information content (AvgIpc) is 2.48. The summed E-state index contributed by atoms with van der Waals surface area (Å²) in [5.74, 6) is -1.80. The Morgan fingerprint density at radius 1 is 1.43 bits per heavy atom. The molecule has 118 valence electrons. The van der Waals surface area contributed by atoms with Crippen molar-refractivity contribution in [3.8, 4) is 0 Å². The summed E-state index contributed by atoms with van der Waals surface area (Å²) in [5, 5.41) is 11.7. The van der Waals surface area contributed by atoms with Gasteiger partial charge in [-0.3, -0.25) is 4.79 Å². The van der Waals surface area contributed by atoms with E-state index >= 15 is 0 Å². The molecule has 0 aromatic rings. The number of ether oxygens (including phenoxy) is 1. The van der Waals surface area contributed by atoms with Crippen LogP contribution in [0.15, 0.2) is 25.3 Å². The van der Waals surface area contributed by atoms with E-state index < -0.39 is 29.6 Å². The molecule has 0 saturated heterocycles. The number of rotatable bonds is 8. The van der Waals surface area contributed by atoms with Gasteiger partial charge in [-0.05, 0) is 13.3 Å². The molecule has 0 aromatic carbocycles. The van der Waals surface area contributed by atoms with Crippen molar-refractivity contribution < 1.29 is 24.2 Å². The lowest BCUT2D eigenvalue weighted by Gasteiger charge is -2.37. The highest BCUT2D eigenvalue weighted by atomic mass is 16.5. The minimum atomic E-state index is -1.58. The Labute approximate surface area is 124 Å². The van der Waals surface area contributed by atoms with E-state index in [0.717, 1.165) is 12.0 Å². The van der Waals surface area contributed by atoms with E-state index in [1.54, 1.807) is 0 Å². The number of aliphatic carboxylic acids is 1. The predicted octanol–water partition coefficient (Wildman–Crippen LogP) is 1.16. The van der Waals surface area contributed by atoms with Crippen molar-refractivity contribution in [1.82, 2.24) is 10.2 Å². The van der Waals surface area contributed by atoms with Crippen LogP contribution in [-0.4, -0.2) is 53.2 Å².